The van der Waals surface area contributed by atoms with Crippen LogP contribution in [0.2, 0.25) is 5.02 Å². The summed E-state index contributed by atoms with van der Waals surface area (Å²) in [5.74, 6) is 1.21. The summed E-state index contributed by atoms with van der Waals surface area (Å²) in [6.45, 7) is 5.20. The van der Waals surface area contributed by atoms with Crippen LogP contribution in [-0.4, -0.2) is 56.1 Å². The van der Waals surface area contributed by atoms with Gasteiger partial charge in [0.25, 0.3) is 5.91 Å². The monoisotopic (exact) mass is 554 g/mol. The van der Waals surface area contributed by atoms with Crippen LogP contribution in [-0.2, 0) is 0 Å². The van der Waals surface area contributed by atoms with Crippen LogP contribution < -0.4 is 31.0 Å². The molecule has 0 spiro atoms. The predicted molar refractivity (Wildman–Crippen MR) is 154 cm³/mol. The minimum Gasteiger partial charge on any atom is -0.491 e. The normalized spacial score (nSPS) is 10.6. The number of unbranched alkanes of at least 4 members (excludes halogenated alkanes) is 1. The molecule has 2 aromatic carbocycles. The molecule has 0 aliphatic rings. The number of halogens is 1. The second kappa shape index (κ2) is 14.2. The summed E-state index contributed by atoms with van der Waals surface area (Å²) in [7, 11) is 5.60. The number of hydrazine groups is 1. The van der Waals surface area contributed by atoms with E-state index in [1.165, 1.54) is 13.2 Å². The summed E-state index contributed by atoms with van der Waals surface area (Å²) in [5, 5.41) is 5.92. The van der Waals surface area contributed by atoms with Gasteiger partial charge in [-0.05, 0) is 77.2 Å². The maximum atomic E-state index is 12.7. The third kappa shape index (κ3) is 8.76. The van der Waals surface area contributed by atoms with Crippen LogP contribution in [0, 0.1) is 13.8 Å². The lowest BCUT2D eigenvalue weighted by Gasteiger charge is -2.17. The highest BCUT2D eigenvalue weighted by Crippen LogP contribution is 2.32. The van der Waals surface area contributed by atoms with Crippen molar-refractivity contribution in [3.63, 3.8) is 0 Å². The molecule has 0 unspecified atom stereocenters. The van der Waals surface area contributed by atoms with E-state index in [4.69, 9.17) is 21.1 Å². The molecule has 1 heterocycles. The molecule has 11 heteroatoms. The van der Waals surface area contributed by atoms with Crippen LogP contribution in [0.5, 0.6) is 17.2 Å². The molecule has 0 radical (unpaired) electrons. The number of aromatic nitrogens is 1. The van der Waals surface area contributed by atoms with E-state index in [1.54, 1.807) is 42.5 Å². The molecule has 3 aromatic rings. The Labute approximate surface area is 234 Å². The van der Waals surface area contributed by atoms with E-state index in [2.05, 4.69) is 31.4 Å². The zero-order valence-corrected chi connectivity index (χ0v) is 23.6. The number of nitrogens with one attached hydrogen (secondary N) is 4. The van der Waals surface area contributed by atoms with Crippen molar-refractivity contribution in [1.29, 1.82) is 0 Å². The van der Waals surface area contributed by atoms with Crippen LogP contribution in [0.3, 0.4) is 0 Å². The molecule has 4 N–H and O–H groups in total. The molecule has 3 amide bonds. The van der Waals surface area contributed by atoms with Gasteiger partial charge in [0.15, 0.2) is 0 Å². The van der Waals surface area contributed by atoms with E-state index in [1.807, 2.05) is 27.9 Å². The average Bonchev–Trinajstić information content (AvgIpc) is 2.91. The molecular formula is C28H35ClN6O4. The first-order valence-corrected chi connectivity index (χ1v) is 12.9. The van der Waals surface area contributed by atoms with Crippen molar-refractivity contribution < 1.29 is 19.1 Å². The fourth-order valence-corrected chi connectivity index (χ4v) is 3.74. The van der Waals surface area contributed by atoms with Gasteiger partial charge in [-0.25, -0.2) is 4.79 Å². The lowest BCUT2D eigenvalue weighted by atomic mass is 10.2. The number of amides is 3. The van der Waals surface area contributed by atoms with Gasteiger partial charge < -0.3 is 25.0 Å². The first-order valence-electron chi connectivity index (χ1n) is 12.5. The van der Waals surface area contributed by atoms with Gasteiger partial charge in [-0.2, -0.15) is 0 Å². The van der Waals surface area contributed by atoms with Gasteiger partial charge >= 0.3 is 6.03 Å². The Balaban J connectivity index is 1.63. The Hall–Kier alpha value is -4.02. The Morgan fingerprint density at radius 1 is 1.03 bits per heavy atom. The zero-order chi connectivity index (χ0) is 28.4. The van der Waals surface area contributed by atoms with Crippen molar-refractivity contribution in [2.75, 3.05) is 45.0 Å². The van der Waals surface area contributed by atoms with Gasteiger partial charge in [-0.1, -0.05) is 17.7 Å². The highest BCUT2D eigenvalue weighted by molar-refractivity contribution is 6.31. The van der Waals surface area contributed by atoms with Crippen molar-refractivity contribution >= 4 is 34.9 Å². The first-order chi connectivity index (χ1) is 18.7. The van der Waals surface area contributed by atoms with E-state index in [9.17, 15) is 9.59 Å². The fourth-order valence-electron chi connectivity index (χ4n) is 3.58. The Kier molecular flexibility index (Phi) is 10.8. The maximum absolute atomic E-state index is 12.7. The van der Waals surface area contributed by atoms with Crippen molar-refractivity contribution in [2.45, 2.75) is 26.7 Å². The molecule has 0 aliphatic heterocycles. The molecule has 0 saturated carbocycles. The van der Waals surface area contributed by atoms with E-state index >= 15 is 0 Å². The zero-order valence-electron chi connectivity index (χ0n) is 22.9. The number of urea groups is 1. The van der Waals surface area contributed by atoms with Crippen molar-refractivity contribution in [3.8, 4) is 17.2 Å². The number of anilines is 2. The molecule has 0 aliphatic carbocycles. The number of nitrogens with zero attached hydrogens (tertiary/aromatic N) is 2. The number of rotatable bonds is 12. The number of ether oxygens (including phenoxy) is 2. The van der Waals surface area contributed by atoms with Crippen molar-refractivity contribution in [3.05, 3.63) is 70.5 Å². The molecule has 0 bridgehead atoms. The molecule has 39 heavy (non-hydrogen) atoms. The van der Waals surface area contributed by atoms with Gasteiger partial charge in [0, 0.05) is 36.0 Å². The summed E-state index contributed by atoms with van der Waals surface area (Å²) in [6, 6.07) is 11.6. The number of pyridine rings is 1. The number of benzene rings is 2. The molecule has 0 fully saturated rings. The van der Waals surface area contributed by atoms with Crippen LogP contribution in [0.4, 0.5) is 16.2 Å². The highest BCUT2D eigenvalue weighted by Gasteiger charge is 2.13. The minimum atomic E-state index is -0.482. The van der Waals surface area contributed by atoms with E-state index in [0.29, 0.717) is 40.3 Å². The quantitative estimate of drug-likeness (QED) is 0.175. The van der Waals surface area contributed by atoms with E-state index < -0.39 is 6.03 Å². The van der Waals surface area contributed by atoms with Crippen molar-refractivity contribution in [2.24, 2.45) is 0 Å². The largest absolute Gasteiger partial charge is 0.491 e. The van der Waals surface area contributed by atoms with E-state index in [0.717, 1.165) is 30.5 Å². The predicted octanol–water partition coefficient (Wildman–Crippen LogP) is 5.37. The molecule has 3 rings (SSSR count). The van der Waals surface area contributed by atoms with Crippen LogP contribution in [0.1, 0.15) is 34.5 Å². The summed E-state index contributed by atoms with van der Waals surface area (Å²) in [5.41, 5.74) is 8.53. The minimum absolute atomic E-state index is 0.245. The third-order valence-corrected chi connectivity index (χ3v) is 6.19. The smallest absolute Gasteiger partial charge is 0.337 e. The lowest BCUT2D eigenvalue weighted by Crippen LogP contribution is -2.34. The summed E-state index contributed by atoms with van der Waals surface area (Å²) in [6.07, 6.45) is 3.38. The van der Waals surface area contributed by atoms with Crippen LogP contribution >= 0.6 is 11.6 Å². The standard InChI is InChI=1S/C28H35ClN6O4/c1-18-15-23(26(17-21(18)29)38-14-7-6-13-35(4)5)32-28(37)34-33-22-9-8-10-25(19(22)2)39-20-11-12-31-24(16-20)27(36)30-3/h8-12,15-17,33H,6-7,13-14H2,1-5H3,(H,30,36)(H2,32,34,37). The number of carbonyl (C=O) groups excluding carboxylic acids is 2. The SMILES string of the molecule is CNC(=O)c1cc(Oc2cccc(NNC(=O)Nc3cc(C)c(Cl)cc3OCCCCN(C)C)c2C)ccn1. The Bertz CT molecular complexity index is 1300. The molecular weight excluding hydrogens is 520 g/mol. The molecule has 0 atom stereocenters. The first kappa shape index (κ1) is 29.5. The number of hydrogen-bond acceptors (Lipinski definition) is 7. The lowest BCUT2D eigenvalue weighted by molar-refractivity contribution is 0.0957. The Morgan fingerprint density at radius 2 is 1.82 bits per heavy atom. The summed E-state index contributed by atoms with van der Waals surface area (Å²) >= 11 is 6.30. The maximum Gasteiger partial charge on any atom is 0.337 e. The Morgan fingerprint density at radius 3 is 2.56 bits per heavy atom. The number of carbonyl (C=O) groups is 2. The van der Waals surface area contributed by atoms with Gasteiger partial charge in [0.2, 0.25) is 0 Å². The fraction of sp³-hybridized carbons (Fsp3) is 0.321. The van der Waals surface area contributed by atoms with Crippen LogP contribution in [0.15, 0.2) is 48.7 Å². The van der Waals surface area contributed by atoms with Gasteiger partial charge in [-0.15, -0.1) is 0 Å². The van der Waals surface area contributed by atoms with Gasteiger partial charge in [0.05, 0.1) is 18.0 Å². The molecule has 0 saturated heterocycles. The summed E-state index contributed by atoms with van der Waals surface area (Å²) < 4.78 is 11.9. The third-order valence-electron chi connectivity index (χ3n) is 5.78. The van der Waals surface area contributed by atoms with Crippen LogP contribution in [0.25, 0.3) is 0 Å². The number of aryl methyl sites for hydroxylation is 1. The van der Waals surface area contributed by atoms with E-state index in [-0.39, 0.29) is 11.6 Å². The molecule has 208 valence electrons. The molecule has 10 nitrogen and oxygen atoms in total. The summed E-state index contributed by atoms with van der Waals surface area (Å²) in [4.78, 5) is 30.8. The second-order valence-electron chi connectivity index (χ2n) is 9.15. The van der Waals surface area contributed by atoms with Gasteiger partial charge in [0.1, 0.15) is 22.9 Å². The van der Waals surface area contributed by atoms with Gasteiger partial charge in [-0.3, -0.25) is 20.6 Å². The highest BCUT2D eigenvalue weighted by atomic mass is 35.5. The topological polar surface area (TPSA) is 117 Å². The molecule has 1 aromatic heterocycles. The average molecular weight is 555 g/mol. The second-order valence-corrected chi connectivity index (χ2v) is 9.55. The van der Waals surface area contributed by atoms with Crippen molar-refractivity contribution in [1.82, 2.24) is 20.6 Å². The number of hydrogen-bond donors (Lipinski definition) is 4.